The number of nitrogens with zero attached hydrogens (tertiary/aromatic N) is 2. The van der Waals surface area contributed by atoms with Gasteiger partial charge in [0.05, 0.1) is 0 Å². The van der Waals surface area contributed by atoms with Crippen molar-refractivity contribution in [3.63, 3.8) is 0 Å². The molecule has 3 nitrogen and oxygen atoms in total. The molecule has 1 N–H and O–H groups in total. The minimum absolute atomic E-state index is 0.758. The highest BCUT2D eigenvalue weighted by molar-refractivity contribution is 9.10. The second-order valence-corrected chi connectivity index (χ2v) is 6.66. The molecule has 2 saturated heterocycles. The Morgan fingerprint density at radius 2 is 2.00 bits per heavy atom. The molecule has 5 heteroatoms. The van der Waals surface area contributed by atoms with E-state index in [0.29, 0.717) is 0 Å². The van der Waals surface area contributed by atoms with E-state index in [0.717, 1.165) is 35.2 Å². The van der Waals surface area contributed by atoms with Crippen LogP contribution in [0.1, 0.15) is 5.56 Å². The number of halogens is 2. The van der Waals surface area contributed by atoms with Gasteiger partial charge < -0.3 is 5.32 Å². The summed E-state index contributed by atoms with van der Waals surface area (Å²) in [4.78, 5) is 5.12. The standard InChI is InChI=1S/C14H19BrClN3/c15-14-7-12(16)2-1-11(14)8-18-9-13(10-18)19-5-3-17-4-6-19/h1-2,7,13,17H,3-6,8-10H2. The van der Waals surface area contributed by atoms with E-state index >= 15 is 0 Å². The third-order valence-electron chi connectivity index (χ3n) is 4.01. The summed E-state index contributed by atoms with van der Waals surface area (Å²) >= 11 is 9.56. The molecule has 104 valence electrons. The summed E-state index contributed by atoms with van der Waals surface area (Å²) in [6.45, 7) is 8.06. The van der Waals surface area contributed by atoms with Crippen LogP contribution in [0.3, 0.4) is 0 Å². The molecule has 0 radical (unpaired) electrons. The number of piperazine rings is 1. The predicted molar refractivity (Wildman–Crippen MR) is 82.7 cm³/mol. The van der Waals surface area contributed by atoms with Crippen molar-refractivity contribution in [1.82, 2.24) is 15.1 Å². The highest BCUT2D eigenvalue weighted by Gasteiger charge is 2.32. The highest BCUT2D eigenvalue weighted by atomic mass is 79.9. The van der Waals surface area contributed by atoms with Gasteiger partial charge in [0.25, 0.3) is 0 Å². The number of benzene rings is 1. The largest absolute Gasteiger partial charge is 0.314 e. The average Bonchev–Trinajstić information content (AvgIpc) is 2.36. The number of rotatable bonds is 3. The molecule has 1 aromatic carbocycles. The average molecular weight is 345 g/mol. The first-order valence-electron chi connectivity index (χ1n) is 6.83. The third-order valence-corrected chi connectivity index (χ3v) is 4.99. The smallest absolute Gasteiger partial charge is 0.0417 e. The van der Waals surface area contributed by atoms with Crippen LogP contribution in [-0.2, 0) is 6.54 Å². The zero-order valence-corrected chi connectivity index (χ0v) is 13.3. The number of nitrogens with one attached hydrogen (secondary N) is 1. The van der Waals surface area contributed by atoms with Crippen molar-refractivity contribution in [3.05, 3.63) is 33.3 Å². The molecule has 0 unspecified atom stereocenters. The van der Waals surface area contributed by atoms with Gasteiger partial charge >= 0.3 is 0 Å². The van der Waals surface area contributed by atoms with Gasteiger partial charge in [0.1, 0.15) is 0 Å². The van der Waals surface area contributed by atoms with Gasteiger partial charge in [0.2, 0.25) is 0 Å². The Morgan fingerprint density at radius 3 is 2.68 bits per heavy atom. The van der Waals surface area contributed by atoms with Gasteiger partial charge in [-0.3, -0.25) is 9.80 Å². The van der Waals surface area contributed by atoms with E-state index in [1.807, 2.05) is 12.1 Å². The van der Waals surface area contributed by atoms with Crippen LogP contribution >= 0.6 is 27.5 Å². The minimum Gasteiger partial charge on any atom is -0.314 e. The number of hydrogen-bond acceptors (Lipinski definition) is 3. The zero-order valence-electron chi connectivity index (χ0n) is 10.9. The molecule has 2 fully saturated rings. The van der Waals surface area contributed by atoms with Crippen LogP contribution in [0, 0.1) is 0 Å². The fourth-order valence-corrected chi connectivity index (χ4v) is 3.65. The van der Waals surface area contributed by atoms with Crippen LogP contribution < -0.4 is 5.32 Å². The first kappa shape index (κ1) is 13.8. The van der Waals surface area contributed by atoms with E-state index < -0.39 is 0 Å². The summed E-state index contributed by atoms with van der Waals surface area (Å²) in [6, 6.07) is 6.82. The lowest BCUT2D eigenvalue weighted by atomic mass is 10.0. The van der Waals surface area contributed by atoms with Gasteiger partial charge in [0.15, 0.2) is 0 Å². The molecule has 1 aromatic rings. The monoisotopic (exact) mass is 343 g/mol. The molecule has 2 aliphatic rings. The van der Waals surface area contributed by atoms with Crippen molar-refractivity contribution < 1.29 is 0 Å². The Bertz CT molecular complexity index is 442. The van der Waals surface area contributed by atoms with Gasteiger partial charge in [0, 0.05) is 61.4 Å². The molecule has 0 saturated carbocycles. The summed E-state index contributed by atoms with van der Waals surface area (Å²) in [5.41, 5.74) is 1.32. The Labute approximate surface area is 128 Å². The summed E-state index contributed by atoms with van der Waals surface area (Å²) in [5.74, 6) is 0. The topological polar surface area (TPSA) is 18.5 Å². The quantitative estimate of drug-likeness (QED) is 0.907. The van der Waals surface area contributed by atoms with Gasteiger partial charge in [-0.05, 0) is 17.7 Å². The van der Waals surface area contributed by atoms with Gasteiger partial charge in [-0.2, -0.15) is 0 Å². The van der Waals surface area contributed by atoms with E-state index in [1.165, 1.54) is 31.7 Å². The highest BCUT2D eigenvalue weighted by Crippen LogP contribution is 2.25. The van der Waals surface area contributed by atoms with Gasteiger partial charge in [-0.1, -0.05) is 33.6 Å². The Balaban J connectivity index is 1.50. The van der Waals surface area contributed by atoms with Gasteiger partial charge in [-0.25, -0.2) is 0 Å². The molecule has 2 heterocycles. The molecule has 0 aromatic heterocycles. The Morgan fingerprint density at radius 1 is 1.26 bits per heavy atom. The fourth-order valence-electron chi connectivity index (χ4n) is 2.84. The number of likely N-dealkylation sites (tertiary alicyclic amines) is 1. The van der Waals surface area contributed by atoms with Crippen molar-refractivity contribution in [1.29, 1.82) is 0 Å². The van der Waals surface area contributed by atoms with E-state index in [1.54, 1.807) is 0 Å². The van der Waals surface area contributed by atoms with Crippen LogP contribution in [0.5, 0.6) is 0 Å². The van der Waals surface area contributed by atoms with E-state index in [4.69, 9.17) is 11.6 Å². The normalized spacial score (nSPS) is 22.4. The molecular weight excluding hydrogens is 326 g/mol. The van der Waals surface area contributed by atoms with E-state index in [2.05, 4.69) is 37.1 Å². The molecule has 0 aliphatic carbocycles. The second kappa shape index (κ2) is 6.10. The maximum atomic E-state index is 5.97. The summed E-state index contributed by atoms with van der Waals surface area (Å²) in [6.07, 6.45) is 0. The summed E-state index contributed by atoms with van der Waals surface area (Å²) < 4.78 is 1.12. The van der Waals surface area contributed by atoms with Crippen LogP contribution in [0.4, 0.5) is 0 Å². The SMILES string of the molecule is Clc1ccc(CN2CC(N3CCNCC3)C2)c(Br)c1. The first-order chi connectivity index (χ1) is 9.22. The maximum absolute atomic E-state index is 5.97. The van der Waals surface area contributed by atoms with Gasteiger partial charge in [-0.15, -0.1) is 0 Å². The maximum Gasteiger partial charge on any atom is 0.0417 e. The molecule has 19 heavy (non-hydrogen) atoms. The zero-order chi connectivity index (χ0) is 13.2. The van der Waals surface area contributed by atoms with E-state index in [9.17, 15) is 0 Å². The molecular formula is C14H19BrClN3. The van der Waals surface area contributed by atoms with E-state index in [-0.39, 0.29) is 0 Å². The lowest BCUT2D eigenvalue weighted by Gasteiger charge is -2.47. The molecule has 2 aliphatic heterocycles. The molecule has 0 bridgehead atoms. The second-order valence-electron chi connectivity index (χ2n) is 5.37. The van der Waals surface area contributed by atoms with Crippen molar-refractivity contribution in [3.8, 4) is 0 Å². The van der Waals surface area contributed by atoms with Crippen molar-refractivity contribution >= 4 is 27.5 Å². The summed E-state index contributed by atoms with van der Waals surface area (Å²) in [5, 5.41) is 4.20. The van der Waals surface area contributed by atoms with Crippen molar-refractivity contribution in [2.45, 2.75) is 12.6 Å². The van der Waals surface area contributed by atoms with Crippen molar-refractivity contribution in [2.75, 3.05) is 39.3 Å². The molecule has 3 rings (SSSR count). The third kappa shape index (κ3) is 3.31. The van der Waals surface area contributed by atoms with Crippen molar-refractivity contribution in [2.24, 2.45) is 0 Å². The lowest BCUT2D eigenvalue weighted by Crippen LogP contribution is -2.62. The number of hydrogen-bond donors (Lipinski definition) is 1. The lowest BCUT2D eigenvalue weighted by molar-refractivity contribution is 0.0222. The van der Waals surface area contributed by atoms with Crippen LogP contribution in [-0.4, -0.2) is 55.1 Å². The van der Waals surface area contributed by atoms with Crippen LogP contribution in [0.25, 0.3) is 0 Å². The molecule has 0 amide bonds. The first-order valence-corrected chi connectivity index (χ1v) is 8.00. The fraction of sp³-hybridized carbons (Fsp3) is 0.571. The Kier molecular flexibility index (Phi) is 4.44. The van der Waals surface area contributed by atoms with Crippen LogP contribution in [0.15, 0.2) is 22.7 Å². The minimum atomic E-state index is 0.758. The summed E-state index contributed by atoms with van der Waals surface area (Å²) in [7, 11) is 0. The molecule has 0 atom stereocenters. The predicted octanol–water partition coefficient (Wildman–Crippen LogP) is 2.19. The Hall–Kier alpha value is -0.130. The van der Waals surface area contributed by atoms with Crippen LogP contribution in [0.2, 0.25) is 5.02 Å². The molecule has 0 spiro atoms.